The molecule has 108 heavy (non-hydrogen) atoms. The van der Waals surface area contributed by atoms with Crippen molar-refractivity contribution in [2.75, 3.05) is 69.1 Å². The van der Waals surface area contributed by atoms with Crippen molar-refractivity contribution in [2.24, 2.45) is 29.6 Å². The van der Waals surface area contributed by atoms with E-state index in [-0.39, 0.29) is 96.6 Å². The number of aliphatic hydroxyl groups excluding tert-OH is 1. The van der Waals surface area contributed by atoms with Crippen molar-refractivity contribution < 1.29 is 76.9 Å². The molecule has 0 fully saturated rings. The number of nitrogens with one attached hydrogen (secondary N) is 2. The third-order valence-electron chi connectivity index (χ3n) is 18.4. The summed E-state index contributed by atoms with van der Waals surface area (Å²) in [5.74, 6) is 4.22. The Morgan fingerprint density at radius 1 is 0.500 bits per heavy atom. The van der Waals surface area contributed by atoms with Crippen LogP contribution in [0.2, 0.25) is 0 Å². The summed E-state index contributed by atoms with van der Waals surface area (Å²) in [7, 11) is 8.85. The van der Waals surface area contributed by atoms with Crippen molar-refractivity contribution in [3.63, 3.8) is 0 Å². The number of benzene rings is 7. The van der Waals surface area contributed by atoms with Gasteiger partial charge in [-0.15, -0.1) is 0 Å². The second-order valence-corrected chi connectivity index (χ2v) is 28.9. The van der Waals surface area contributed by atoms with Gasteiger partial charge in [0.05, 0.1) is 64.9 Å². The lowest BCUT2D eigenvalue weighted by Crippen LogP contribution is -2.40. The molecule has 0 spiro atoms. The van der Waals surface area contributed by atoms with E-state index in [9.17, 15) is 29.1 Å². The average Bonchev–Trinajstić information content (AvgIpc) is 1.67. The number of aliphatic hydroxyl groups is 1. The maximum Gasteiger partial charge on any atom is 0.337 e. The van der Waals surface area contributed by atoms with Gasteiger partial charge in [0.2, 0.25) is 0 Å². The predicted octanol–water partition coefficient (Wildman–Crippen LogP) is 16.1. The number of ether oxygens (including phenoxy) is 9. The van der Waals surface area contributed by atoms with E-state index in [1.54, 1.807) is 80.4 Å². The Bertz CT molecular complexity index is 3800. The van der Waals surface area contributed by atoms with Crippen LogP contribution in [0.5, 0.6) is 28.7 Å². The lowest BCUT2D eigenvalue weighted by molar-refractivity contribution is 0.0591. The van der Waals surface area contributed by atoms with Crippen molar-refractivity contribution in [3.8, 4) is 28.7 Å². The molecule has 594 valence electrons. The molecule has 1 unspecified atom stereocenters. The van der Waals surface area contributed by atoms with E-state index in [1.807, 2.05) is 54.6 Å². The van der Waals surface area contributed by atoms with Crippen molar-refractivity contribution in [3.05, 3.63) is 215 Å². The highest BCUT2D eigenvalue weighted by molar-refractivity contribution is 9.11. The number of carbonyl (C=O) groups excluding carboxylic acids is 5. The maximum absolute atomic E-state index is 11.8. The number of hydroxylamine groups is 1. The van der Waals surface area contributed by atoms with Crippen LogP contribution in [-0.4, -0.2) is 137 Å². The Balaban J connectivity index is 0.000000464. The van der Waals surface area contributed by atoms with E-state index in [2.05, 4.69) is 152 Å². The van der Waals surface area contributed by atoms with Crippen molar-refractivity contribution >= 4 is 132 Å². The number of carbonyl (C=O) groups is 5. The minimum absolute atomic E-state index is 0. The van der Waals surface area contributed by atoms with Crippen molar-refractivity contribution in [1.82, 2.24) is 20.6 Å². The highest BCUT2D eigenvalue weighted by Gasteiger charge is 2.30. The van der Waals surface area contributed by atoms with Gasteiger partial charge < -0.3 is 53.1 Å². The first-order chi connectivity index (χ1) is 49.8. The topological polar surface area (TPSA) is 239 Å². The minimum Gasteiger partial charge on any atom is -0.497 e. The molecular formula is C81H109Br3N4O16S4. The fourth-order valence-electron chi connectivity index (χ4n) is 11.7. The molecule has 3 heterocycles. The Morgan fingerprint density at radius 3 is 1.23 bits per heavy atom. The van der Waals surface area contributed by atoms with E-state index in [0.29, 0.717) is 89.0 Å². The first-order valence-corrected chi connectivity index (χ1v) is 37.3. The highest BCUT2D eigenvalue weighted by Crippen LogP contribution is 2.34. The number of rotatable bonds is 20. The molecule has 7 aromatic carbocycles. The van der Waals surface area contributed by atoms with Gasteiger partial charge in [0.25, 0.3) is 5.91 Å². The van der Waals surface area contributed by atoms with Crippen LogP contribution < -0.4 is 34.5 Å². The Kier molecular flexibility index (Phi) is 44.9. The highest BCUT2D eigenvalue weighted by atomic mass is 79.9. The maximum atomic E-state index is 11.8. The Hall–Kier alpha value is -6.47. The molecule has 27 heteroatoms. The van der Waals surface area contributed by atoms with E-state index in [4.69, 9.17) is 38.4 Å². The van der Waals surface area contributed by atoms with Crippen LogP contribution in [0.1, 0.15) is 153 Å². The zero-order valence-corrected chi connectivity index (χ0v) is 72.8. The summed E-state index contributed by atoms with van der Waals surface area (Å²) >= 11 is 10.2. The largest absolute Gasteiger partial charge is 0.497 e. The molecule has 3 aliphatic rings. The molecule has 0 bridgehead atoms. The number of amides is 1. The molecule has 4 atom stereocenters. The number of halogens is 3. The predicted molar refractivity (Wildman–Crippen MR) is 454 cm³/mol. The van der Waals surface area contributed by atoms with Gasteiger partial charge in [-0.3, -0.25) is 19.8 Å². The molecule has 0 saturated carbocycles. The summed E-state index contributed by atoms with van der Waals surface area (Å²) in [6.07, 6.45) is 1.82. The summed E-state index contributed by atoms with van der Waals surface area (Å²) in [5.41, 5.74) is 12.1. The third-order valence-corrected chi connectivity index (χ3v) is 20.5. The van der Waals surface area contributed by atoms with Crippen LogP contribution in [0.3, 0.4) is 0 Å². The molecule has 3 aliphatic heterocycles. The van der Waals surface area contributed by atoms with Crippen LogP contribution in [0, 0.1) is 29.6 Å². The quantitative estimate of drug-likeness (QED) is 0.0182. The van der Waals surface area contributed by atoms with E-state index < -0.39 is 5.91 Å². The van der Waals surface area contributed by atoms with Gasteiger partial charge in [-0.2, -0.15) is 54.0 Å². The van der Waals surface area contributed by atoms with Gasteiger partial charge in [0.15, 0.2) is 0 Å². The number of esters is 4. The molecule has 1 amide bonds. The van der Waals surface area contributed by atoms with Crippen LogP contribution in [0.4, 0.5) is 0 Å². The Morgan fingerprint density at radius 2 is 0.870 bits per heavy atom. The lowest BCUT2D eigenvalue weighted by Gasteiger charge is -2.32. The fraction of sp³-hybridized carbons (Fsp3) is 0.420. The number of methoxy groups -OCH3 is 6. The van der Waals surface area contributed by atoms with Gasteiger partial charge in [-0.05, 0) is 150 Å². The second kappa shape index (κ2) is 49.7. The molecule has 0 aliphatic carbocycles. The van der Waals surface area contributed by atoms with Crippen molar-refractivity contribution in [2.45, 2.75) is 124 Å². The normalized spacial score (nSPS) is 15.0. The van der Waals surface area contributed by atoms with E-state index >= 15 is 0 Å². The zero-order chi connectivity index (χ0) is 76.2. The SMILES string of the molecule is COC(=O)c1ccc(CBr)c(Br)c1.COC(=O)c1ccc(CCC(CO)C(C)C)c(Br)c1.COC(=O)c1ccc2c(c1)OC[C@H](C(C)C)N(Cc1ccc(OC)cc1)C2.COC(=O)c1ccc2c(c1)OC[C@H](C(C)C)NC2.COc1ccc(CN2Cc3ccc(C(=O)NO)cc3OC[C@@H]2C(C)C)cc1.S.S.S.S. The number of aryl methyl sites for hydroxylation is 1. The summed E-state index contributed by atoms with van der Waals surface area (Å²) in [6.45, 7) is 23.2. The molecule has 0 radical (unpaired) electrons. The number of nitrogens with zero attached hydrogens (tertiary/aromatic N) is 2. The first-order valence-electron chi connectivity index (χ1n) is 34.6. The van der Waals surface area contributed by atoms with E-state index in [1.165, 1.54) is 39.6 Å². The van der Waals surface area contributed by atoms with Gasteiger partial charge >= 0.3 is 23.9 Å². The van der Waals surface area contributed by atoms with Crippen LogP contribution >= 0.6 is 102 Å². The number of hydrogen-bond donors (Lipinski definition) is 4. The van der Waals surface area contributed by atoms with E-state index in [0.717, 1.165) is 111 Å². The molecule has 20 nitrogen and oxygen atoms in total. The lowest BCUT2D eigenvalue weighted by atomic mass is 9.90. The summed E-state index contributed by atoms with van der Waals surface area (Å²) in [6, 6.07) is 44.3. The van der Waals surface area contributed by atoms with Gasteiger partial charge in [-0.1, -0.05) is 158 Å². The average molecular weight is 1760 g/mol. The van der Waals surface area contributed by atoms with Gasteiger partial charge in [0.1, 0.15) is 48.6 Å². The molecule has 7 aromatic rings. The van der Waals surface area contributed by atoms with Gasteiger partial charge in [0, 0.05) is 94.0 Å². The smallest absolute Gasteiger partial charge is 0.337 e. The zero-order valence-electron chi connectivity index (χ0n) is 64.0. The third kappa shape index (κ3) is 29.3. The summed E-state index contributed by atoms with van der Waals surface area (Å²) < 4.78 is 49.0. The number of fused-ring (bicyclic) bond motifs is 3. The monoisotopic (exact) mass is 1760 g/mol. The van der Waals surface area contributed by atoms with Gasteiger partial charge in [-0.25, -0.2) is 24.7 Å². The molecule has 4 N–H and O–H groups in total. The minimum atomic E-state index is -0.541. The summed E-state index contributed by atoms with van der Waals surface area (Å²) in [4.78, 5) is 62.3. The molecule has 0 aromatic heterocycles. The number of hydrogen-bond acceptors (Lipinski definition) is 19. The molecule has 0 saturated heterocycles. The van der Waals surface area contributed by atoms with Crippen LogP contribution in [0.25, 0.3) is 0 Å². The van der Waals surface area contributed by atoms with Crippen LogP contribution in [0.15, 0.2) is 148 Å². The molecular weight excluding hydrogens is 1650 g/mol. The Labute approximate surface area is 690 Å². The number of alkyl halides is 1. The standard InChI is InChI=1S/C22H27NO4.C21H26N2O4.C15H21BrO3.C14H19NO3.C9H8Br2O2.4H2S/c1-15(2)20-14-27-21-11-17(22(24)26-4)7-8-18(21)13-23(20)12-16-5-9-19(25-3)10-6-16;1-14(2)19-13-27-20-10-16(21(24)22-25)6-7-17(20)12-23(19)11-15-4-8-18(26-3)9-5-15;1-10(2)13(9-17)7-5-11-4-6-12(8-14(11)16)15(18)19-3;1-9(2)12-8-18-13-6-10(14(16)17-3)4-5-11(13)7-15-12;1-13-9(12)6-2-3-7(5-10)8(11)4-6;;;;/h5-11,15,20H,12-14H2,1-4H3;4-10,14,19,25H,11-13H2,1-3H3,(H,22,24);4,6,8,10,13,17H,5,7,9H2,1-3H3;4-6,9,12,15H,7-8H2,1-3H3;2-4H,5H2,1H3;4*1H2/t20-;19-;;12-;;;;;/m11.1...../s1. The summed E-state index contributed by atoms with van der Waals surface area (Å²) in [5, 5.41) is 22.4. The van der Waals surface area contributed by atoms with Crippen molar-refractivity contribution in [1.29, 1.82) is 0 Å². The van der Waals surface area contributed by atoms with Crippen LogP contribution in [-0.2, 0) is 63.4 Å². The molecule has 10 rings (SSSR count). The first kappa shape index (κ1) is 97.6. The fourth-order valence-corrected chi connectivity index (χ4v) is 13.6. The second-order valence-electron chi connectivity index (χ2n) is 26.6.